The van der Waals surface area contributed by atoms with Crippen molar-refractivity contribution < 1.29 is 4.79 Å². The maximum Gasteiger partial charge on any atom is 0.317 e. The van der Waals surface area contributed by atoms with E-state index in [4.69, 9.17) is 5.26 Å². The molecule has 5 heteroatoms. The molecule has 1 saturated heterocycles. The van der Waals surface area contributed by atoms with Crippen LogP contribution in [0.1, 0.15) is 25.3 Å². The molecule has 1 N–H and O–H groups in total. The van der Waals surface area contributed by atoms with Crippen molar-refractivity contribution in [3.8, 4) is 6.07 Å². The summed E-state index contributed by atoms with van der Waals surface area (Å²) in [6.45, 7) is 5.90. The molecular formula is C16H22N4O. The summed E-state index contributed by atoms with van der Waals surface area (Å²) < 4.78 is 0. The van der Waals surface area contributed by atoms with Crippen molar-refractivity contribution in [2.24, 2.45) is 0 Å². The smallest absolute Gasteiger partial charge is 0.317 e. The van der Waals surface area contributed by atoms with Gasteiger partial charge in [0.25, 0.3) is 0 Å². The zero-order chi connectivity index (χ0) is 15.1. The molecule has 0 spiro atoms. The molecule has 5 nitrogen and oxygen atoms in total. The van der Waals surface area contributed by atoms with Gasteiger partial charge in [-0.1, -0.05) is 19.4 Å². The number of rotatable bonds is 4. The van der Waals surface area contributed by atoms with E-state index in [-0.39, 0.29) is 6.03 Å². The topological polar surface area (TPSA) is 59.4 Å². The van der Waals surface area contributed by atoms with Gasteiger partial charge in [-0.25, -0.2) is 4.79 Å². The third-order valence-corrected chi connectivity index (χ3v) is 3.71. The molecule has 1 aliphatic heterocycles. The van der Waals surface area contributed by atoms with Crippen LogP contribution in [0.5, 0.6) is 0 Å². The van der Waals surface area contributed by atoms with E-state index in [0.29, 0.717) is 5.56 Å². The van der Waals surface area contributed by atoms with Crippen LogP contribution >= 0.6 is 0 Å². The highest BCUT2D eigenvalue weighted by atomic mass is 16.2. The summed E-state index contributed by atoms with van der Waals surface area (Å²) in [6, 6.07) is 9.82. The van der Waals surface area contributed by atoms with Crippen LogP contribution in [0.2, 0.25) is 0 Å². The molecule has 0 bridgehead atoms. The van der Waals surface area contributed by atoms with E-state index in [9.17, 15) is 4.79 Å². The summed E-state index contributed by atoms with van der Waals surface area (Å²) in [5.41, 5.74) is 1.73. The summed E-state index contributed by atoms with van der Waals surface area (Å²) in [7, 11) is 0. The Balaban J connectivity index is 1.85. The summed E-state index contributed by atoms with van der Waals surface area (Å²) in [6.07, 6.45) is 2.11. The van der Waals surface area contributed by atoms with Gasteiger partial charge in [-0.3, -0.25) is 0 Å². The number of nitriles is 1. The highest BCUT2D eigenvalue weighted by Gasteiger charge is 2.20. The van der Waals surface area contributed by atoms with Gasteiger partial charge in [-0.05, 0) is 24.6 Å². The summed E-state index contributed by atoms with van der Waals surface area (Å²) in [5, 5.41) is 11.9. The Hall–Kier alpha value is -2.22. The lowest BCUT2D eigenvalue weighted by atomic mass is 10.2. The largest absolute Gasteiger partial charge is 0.368 e. The van der Waals surface area contributed by atoms with E-state index in [1.54, 1.807) is 6.07 Å². The molecule has 2 amide bonds. The first-order valence-corrected chi connectivity index (χ1v) is 7.52. The molecule has 21 heavy (non-hydrogen) atoms. The summed E-state index contributed by atoms with van der Waals surface area (Å²) in [4.78, 5) is 16.1. The first-order valence-electron chi connectivity index (χ1n) is 7.52. The van der Waals surface area contributed by atoms with E-state index >= 15 is 0 Å². The van der Waals surface area contributed by atoms with Crippen molar-refractivity contribution >= 4 is 11.7 Å². The fraction of sp³-hybridized carbons (Fsp3) is 0.500. The summed E-state index contributed by atoms with van der Waals surface area (Å²) in [5.74, 6) is 0. The number of hydrogen-bond donors (Lipinski definition) is 1. The maximum absolute atomic E-state index is 12.0. The van der Waals surface area contributed by atoms with Crippen molar-refractivity contribution in [1.82, 2.24) is 10.2 Å². The Labute approximate surface area is 126 Å². The van der Waals surface area contributed by atoms with Crippen LogP contribution < -0.4 is 10.2 Å². The Bertz CT molecular complexity index is 515. The Morgan fingerprint density at radius 3 is 2.76 bits per heavy atom. The highest BCUT2D eigenvalue weighted by Crippen LogP contribution is 2.17. The van der Waals surface area contributed by atoms with Crippen LogP contribution in [0.15, 0.2) is 24.3 Å². The normalized spacial score (nSPS) is 14.7. The van der Waals surface area contributed by atoms with Crippen molar-refractivity contribution in [2.45, 2.75) is 19.8 Å². The second kappa shape index (κ2) is 7.53. The van der Waals surface area contributed by atoms with Crippen LogP contribution in [-0.2, 0) is 0 Å². The lowest BCUT2D eigenvalue weighted by Gasteiger charge is -2.36. The Morgan fingerprint density at radius 2 is 2.10 bits per heavy atom. The number of benzene rings is 1. The number of carbonyl (C=O) groups is 1. The minimum atomic E-state index is 0.0360. The molecule has 1 heterocycles. The number of unbranched alkanes of at least 4 members (excludes halogenated alkanes) is 1. The molecule has 0 aromatic heterocycles. The SMILES string of the molecule is CCCCNC(=O)N1CCN(c2cccc(C#N)c2)CC1. The quantitative estimate of drug-likeness (QED) is 0.863. The van der Waals surface area contributed by atoms with E-state index in [0.717, 1.165) is 51.3 Å². The Kier molecular flexibility index (Phi) is 5.44. The first kappa shape index (κ1) is 15.2. The van der Waals surface area contributed by atoms with Crippen molar-refractivity contribution in [1.29, 1.82) is 5.26 Å². The van der Waals surface area contributed by atoms with Crippen LogP contribution in [-0.4, -0.2) is 43.7 Å². The average molecular weight is 286 g/mol. The third-order valence-electron chi connectivity index (χ3n) is 3.71. The van der Waals surface area contributed by atoms with Gasteiger partial charge >= 0.3 is 6.03 Å². The molecule has 0 aliphatic carbocycles. The van der Waals surface area contributed by atoms with Crippen LogP contribution in [0.3, 0.4) is 0 Å². The number of piperazine rings is 1. The van der Waals surface area contributed by atoms with E-state index < -0.39 is 0 Å². The lowest BCUT2D eigenvalue weighted by molar-refractivity contribution is 0.194. The highest BCUT2D eigenvalue weighted by molar-refractivity contribution is 5.74. The predicted molar refractivity (Wildman–Crippen MR) is 83.2 cm³/mol. The molecule has 1 aliphatic rings. The second-order valence-electron chi connectivity index (χ2n) is 5.22. The van der Waals surface area contributed by atoms with Gasteiger partial charge in [-0.15, -0.1) is 0 Å². The van der Waals surface area contributed by atoms with Gasteiger partial charge in [0.2, 0.25) is 0 Å². The molecule has 0 unspecified atom stereocenters. The second-order valence-corrected chi connectivity index (χ2v) is 5.22. The standard InChI is InChI=1S/C16H22N4O/c1-2-3-7-18-16(21)20-10-8-19(9-11-20)15-6-4-5-14(12-15)13-17/h4-6,12H,2-3,7-11H2,1H3,(H,18,21). The van der Waals surface area contributed by atoms with Crippen LogP contribution in [0.25, 0.3) is 0 Å². The van der Waals surface area contributed by atoms with Gasteiger partial charge in [0.1, 0.15) is 0 Å². The fourth-order valence-corrected chi connectivity index (χ4v) is 2.42. The van der Waals surface area contributed by atoms with Crippen LogP contribution in [0, 0.1) is 11.3 Å². The fourth-order valence-electron chi connectivity index (χ4n) is 2.42. The van der Waals surface area contributed by atoms with E-state index in [1.165, 1.54) is 0 Å². The van der Waals surface area contributed by atoms with Crippen molar-refractivity contribution in [3.05, 3.63) is 29.8 Å². The van der Waals surface area contributed by atoms with E-state index in [2.05, 4.69) is 23.2 Å². The van der Waals surface area contributed by atoms with Gasteiger partial charge < -0.3 is 15.1 Å². The third kappa shape index (κ3) is 4.12. The molecular weight excluding hydrogens is 264 g/mol. The average Bonchev–Trinajstić information content (AvgIpc) is 2.55. The van der Waals surface area contributed by atoms with Crippen molar-refractivity contribution in [3.63, 3.8) is 0 Å². The number of urea groups is 1. The first-order chi connectivity index (χ1) is 10.2. The van der Waals surface area contributed by atoms with Crippen LogP contribution in [0.4, 0.5) is 10.5 Å². The zero-order valence-electron chi connectivity index (χ0n) is 12.5. The molecule has 2 rings (SSSR count). The minimum absolute atomic E-state index is 0.0360. The van der Waals surface area contributed by atoms with Crippen molar-refractivity contribution in [2.75, 3.05) is 37.6 Å². The summed E-state index contributed by atoms with van der Waals surface area (Å²) >= 11 is 0. The number of nitrogens with zero attached hydrogens (tertiary/aromatic N) is 3. The number of anilines is 1. The van der Waals surface area contributed by atoms with E-state index in [1.807, 2.05) is 23.1 Å². The van der Waals surface area contributed by atoms with Gasteiger partial charge in [0, 0.05) is 38.4 Å². The van der Waals surface area contributed by atoms with Gasteiger partial charge in [-0.2, -0.15) is 5.26 Å². The molecule has 1 fully saturated rings. The molecule has 0 atom stereocenters. The van der Waals surface area contributed by atoms with Gasteiger partial charge in [0.05, 0.1) is 11.6 Å². The predicted octanol–water partition coefficient (Wildman–Crippen LogP) is 2.19. The number of hydrogen-bond acceptors (Lipinski definition) is 3. The monoisotopic (exact) mass is 286 g/mol. The number of carbonyl (C=O) groups excluding carboxylic acids is 1. The molecule has 1 aromatic rings. The number of amides is 2. The number of nitrogens with one attached hydrogen (secondary N) is 1. The van der Waals surface area contributed by atoms with Gasteiger partial charge in [0.15, 0.2) is 0 Å². The Morgan fingerprint density at radius 1 is 1.33 bits per heavy atom. The minimum Gasteiger partial charge on any atom is -0.368 e. The molecule has 1 aromatic carbocycles. The lowest BCUT2D eigenvalue weighted by Crippen LogP contribution is -2.52. The molecule has 0 saturated carbocycles. The molecule has 112 valence electrons. The molecule has 0 radical (unpaired) electrons. The maximum atomic E-state index is 12.0. The zero-order valence-corrected chi connectivity index (χ0v) is 12.5.